The Morgan fingerprint density at radius 3 is 2.42 bits per heavy atom. The van der Waals surface area contributed by atoms with Crippen LogP contribution in [0.15, 0.2) is 48.5 Å². The van der Waals surface area contributed by atoms with Gasteiger partial charge in [-0.05, 0) is 54.5 Å². The van der Waals surface area contributed by atoms with Gasteiger partial charge in [0.1, 0.15) is 18.7 Å². The second-order valence-electron chi connectivity index (χ2n) is 10.9. The molecular formula is C32H41Cl2N3O6. The maximum atomic E-state index is 13.5. The molecule has 0 bridgehead atoms. The van der Waals surface area contributed by atoms with E-state index in [1.165, 1.54) is 7.11 Å². The normalized spacial score (nSPS) is 14.7. The summed E-state index contributed by atoms with van der Waals surface area (Å²) in [4.78, 5) is 53.2. The van der Waals surface area contributed by atoms with E-state index in [4.69, 9.17) is 32.7 Å². The van der Waals surface area contributed by atoms with Gasteiger partial charge in [-0.25, -0.2) is 9.59 Å². The van der Waals surface area contributed by atoms with E-state index >= 15 is 0 Å². The third kappa shape index (κ3) is 11.7. The summed E-state index contributed by atoms with van der Waals surface area (Å²) in [6, 6.07) is 12.4. The van der Waals surface area contributed by atoms with Crippen LogP contribution in [0.2, 0.25) is 10.0 Å². The molecule has 11 heteroatoms. The molecular weight excluding hydrogens is 593 g/mol. The Kier molecular flexibility index (Phi) is 14.1. The summed E-state index contributed by atoms with van der Waals surface area (Å²) < 4.78 is 10.3. The SMILES string of the molecule is COC(=O)C(CCC(=O)N(C)CCc1ccccc1Cl)NC(=O)C(CC1CCCCC1)NC(=O)OCc1cccc(Cl)c1. The Balaban J connectivity index is 1.59. The molecule has 0 radical (unpaired) electrons. The summed E-state index contributed by atoms with van der Waals surface area (Å²) in [5, 5.41) is 6.56. The standard InChI is InChI=1S/C32H41Cl2N3O6/c1-37(18-17-24-12-6-7-14-26(24)34)29(38)16-15-27(31(40)42-2)35-30(39)28(20-22-9-4-3-5-10-22)36-32(41)43-21-23-11-8-13-25(33)19-23/h6-8,11-14,19,22,27-28H,3-5,9-10,15-18,20-21H2,1-2H3,(H,35,39)(H,36,41). The van der Waals surface area contributed by atoms with Crippen LogP contribution in [0, 0.1) is 5.92 Å². The van der Waals surface area contributed by atoms with Gasteiger partial charge in [0.25, 0.3) is 0 Å². The summed E-state index contributed by atoms with van der Waals surface area (Å²) in [7, 11) is 2.91. The Bertz CT molecular complexity index is 1240. The Labute approximate surface area is 263 Å². The number of likely N-dealkylation sites (N-methyl/N-ethyl adjacent to an activating group) is 1. The summed E-state index contributed by atoms with van der Waals surface area (Å²) in [6.07, 6.45) is 5.50. The number of rotatable bonds is 14. The van der Waals surface area contributed by atoms with Crippen molar-refractivity contribution in [1.29, 1.82) is 0 Å². The number of hydrogen-bond acceptors (Lipinski definition) is 6. The van der Waals surface area contributed by atoms with Crippen molar-refractivity contribution in [2.45, 2.75) is 76.5 Å². The van der Waals surface area contributed by atoms with Crippen molar-refractivity contribution in [2.24, 2.45) is 5.92 Å². The highest BCUT2D eigenvalue weighted by atomic mass is 35.5. The second kappa shape index (κ2) is 17.7. The lowest BCUT2D eigenvalue weighted by Gasteiger charge is -2.27. The molecule has 0 saturated heterocycles. The lowest BCUT2D eigenvalue weighted by molar-refractivity contribution is -0.145. The highest BCUT2D eigenvalue weighted by Crippen LogP contribution is 2.27. The Morgan fingerprint density at radius 2 is 1.72 bits per heavy atom. The van der Waals surface area contributed by atoms with Crippen LogP contribution in [-0.2, 0) is 36.9 Å². The second-order valence-corrected chi connectivity index (χ2v) is 11.8. The average molecular weight is 635 g/mol. The van der Waals surface area contributed by atoms with E-state index in [2.05, 4.69) is 10.6 Å². The molecule has 43 heavy (non-hydrogen) atoms. The van der Waals surface area contributed by atoms with Gasteiger partial charge in [-0.1, -0.05) is 85.6 Å². The van der Waals surface area contributed by atoms with E-state index in [-0.39, 0.29) is 31.3 Å². The van der Waals surface area contributed by atoms with E-state index in [1.54, 1.807) is 42.3 Å². The number of carbonyl (C=O) groups excluding carboxylic acids is 4. The molecule has 0 aromatic heterocycles. The molecule has 9 nitrogen and oxygen atoms in total. The van der Waals surface area contributed by atoms with Gasteiger partial charge >= 0.3 is 12.1 Å². The lowest BCUT2D eigenvalue weighted by atomic mass is 9.84. The predicted octanol–water partition coefficient (Wildman–Crippen LogP) is 5.70. The molecule has 3 rings (SSSR count). The van der Waals surface area contributed by atoms with E-state index < -0.39 is 30.1 Å². The number of benzene rings is 2. The van der Waals surface area contributed by atoms with Gasteiger partial charge in [0.2, 0.25) is 11.8 Å². The van der Waals surface area contributed by atoms with Crippen molar-refractivity contribution in [3.63, 3.8) is 0 Å². The molecule has 1 aliphatic carbocycles. The topological polar surface area (TPSA) is 114 Å². The fourth-order valence-electron chi connectivity index (χ4n) is 5.18. The zero-order chi connectivity index (χ0) is 31.2. The van der Waals surface area contributed by atoms with Crippen LogP contribution in [-0.4, -0.2) is 61.6 Å². The third-order valence-corrected chi connectivity index (χ3v) is 8.31. The minimum absolute atomic E-state index is 0.0128. The number of nitrogens with one attached hydrogen (secondary N) is 2. The van der Waals surface area contributed by atoms with Crippen LogP contribution in [0.4, 0.5) is 4.79 Å². The first-order valence-corrected chi connectivity index (χ1v) is 15.4. The number of methoxy groups -OCH3 is 1. The highest BCUT2D eigenvalue weighted by Gasteiger charge is 2.31. The predicted molar refractivity (Wildman–Crippen MR) is 166 cm³/mol. The first-order chi connectivity index (χ1) is 20.7. The zero-order valence-corrected chi connectivity index (χ0v) is 26.3. The maximum Gasteiger partial charge on any atom is 0.408 e. The van der Waals surface area contributed by atoms with Crippen molar-refractivity contribution in [3.05, 3.63) is 69.7 Å². The minimum atomic E-state index is -1.06. The molecule has 1 fully saturated rings. The fourth-order valence-corrected chi connectivity index (χ4v) is 5.63. The van der Waals surface area contributed by atoms with Crippen LogP contribution in [0.1, 0.15) is 62.5 Å². The van der Waals surface area contributed by atoms with E-state index in [0.717, 1.165) is 37.7 Å². The molecule has 234 valence electrons. The van der Waals surface area contributed by atoms with Crippen molar-refractivity contribution in [1.82, 2.24) is 15.5 Å². The molecule has 2 unspecified atom stereocenters. The number of nitrogens with zero attached hydrogens (tertiary/aromatic N) is 1. The van der Waals surface area contributed by atoms with Crippen molar-refractivity contribution >= 4 is 47.1 Å². The van der Waals surface area contributed by atoms with Crippen molar-refractivity contribution in [2.75, 3.05) is 20.7 Å². The molecule has 2 N–H and O–H groups in total. The monoisotopic (exact) mass is 633 g/mol. The zero-order valence-electron chi connectivity index (χ0n) is 24.8. The quantitative estimate of drug-likeness (QED) is 0.258. The van der Waals surface area contributed by atoms with Gasteiger partial charge in [-0.3, -0.25) is 9.59 Å². The molecule has 0 heterocycles. The largest absolute Gasteiger partial charge is 0.467 e. The van der Waals surface area contributed by atoms with Gasteiger partial charge in [-0.2, -0.15) is 0 Å². The number of amides is 3. The lowest BCUT2D eigenvalue weighted by Crippen LogP contribution is -2.52. The van der Waals surface area contributed by atoms with Crippen LogP contribution in [0.3, 0.4) is 0 Å². The molecule has 2 aromatic carbocycles. The first-order valence-electron chi connectivity index (χ1n) is 14.7. The van der Waals surface area contributed by atoms with E-state index in [0.29, 0.717) is 35.0 Å². The summed E-state index contributed by atoms with van der Waals surface area (Å²) in [5.41, 5.74) is 1.65. The number of halogens is 2. The van der Waals surface area contributed by atoms with Crippen LogP contribution < -0.4 is 10.6 Å². The molecule has 1 aliphatic rings. The van der Waals surface area contributed by atoms with Crippen LogP contribution in [0.25, 0.3) is 0 Å². The van der Waals surface area contributed by atoms with Gasteiger partial charge in [0, 0.05) is 30.1 Å². The average Bonchev–Trinajstić information content (AvgIpc) is 3.01. The number of esters is 1. The van der Waals surface area contributed by atoms with Crippen LogP contribution >= 0.6 is 23.2 Å². The molecule has 3 amide bonds. The number of alkyl carbamates (subject to hydrolysis) is 1. The maximum absolute atomic E-state index is 13.5. The van der Waals surface area contributed by atoms with Crippen molar-refractivity contribution in [3.8, 4) is 0 Å². The smallest absolute Gasteiger partial charge is 0.408 e. The van der Waals surface area contributed by atoms with Gasteiger partial charge in [0.05, 0.1) is 7.11 Å². The molecule has 0 spiro atoms. The van der Waals surface area contributed by atoms with E-state index in [9.17, 15) is 19.2 Å². The van der Waals surface area contributed by atoms with E-state index in [1.807, 2.05) is 18.2 Å². The summed E-state index contributed by atoms with van der Waals surface area (Å²) in [6.45, 7) is 0.434. The number of hydrogen-bond donors (Lipinski definition) is 2. The number of carbonyl (C=O) groups is 4. The molecule has 2 aromatic rings. The molecule has 1 saturated carbocycles. The number of ether oxygens (including phenoxy) is 2. The minimum Gasteiger partial charge on any atom is -0.467 e. The summed E-state index contributed by atoms with van der Waals surface area (Å²) >= 11 is 12.2. The summed E-state index contributed by atoms with van der Waals surface area (Å²) in [5.74, 6) is -1.13. The highest BCUT2D eigenvalue weighted by molar-refractivity contribution is 6.31. The van der Waals surface area contributed by atoms with Gasteiger partial charge in [0.15, 0.2) is 0 Å². The first kappa shape index (κ1) is 34.2. The van der Waals surface area contributed by atoms with Gasteiger partial charge in [-0.15, -0.1) is 0 Å². The Morgan fingerprint density at radius 1 is 0.977 bits per heavy atom. The Hall–Kier alpha value is -3.30. The molecule has 2 atom stereocenters. The van der Waals surface area contributed by atoms with Crippen LogP contribution in [0.5, 0.6) is 0 Å². The third-order valence-electron chi connectivity index (χ3n) is 7.71. The fraction of sp³-hybridized carbons (Fsp3) is 0.500. The molecule has 0 aliphatic heterocycles. The van der Waals surface area contributed by atoms with Crippen molar-refractivity contribution < 1.29 is 28.7 Å². The van der Waals surface area contributed by atoms with Gasteiger partial charge < -0.3 is 25.0 Å².